The molecule has 0 saturated heterocycles. The van der Waals surface area contributed by atoms with Crippen LogP contribution in [0.25, 0.3) is 0 Å². The maximum atomic E-state index is 6.21. The van der Waals surface area contributed by atoms with E-state index in [4.69, 9.17) is 17.3 Å². The first-order valence-corrected chi connectivity index (χ1v) is 8.49. The predicted octanol–water partition coefficient (Wildman–Crippen LogP) is 4.58. The van der Waals surface area contributed by atoms with Crippen LogP contribution < -0.4 is 16.4 Å². The quantitative estimate of drug-likeness (QED) is 0.631. The molecule has 6 nitrogen and oxygen atoms in total. The second kappa shape index (κ2) is 6.62. The second-order valence-electron chi connectivity index (χ2n) is 5.31. The molecule has 0 aliphatic heterocycles. The number of hydrogen-bond donors (Lipinski definition) is 3. The molecular formula is C16H17ClN6S. The Morgan fingerprint density at radius 1 is 1.08 bits per heavy atom. The lowest BCUT2D eigenvalue weighted by molar-refractivity contribution is 1.16. The molecule has 0 amide bonds. The normalized spacial score (nSPS) is 10.7. The third-order valence-electron chi connectivity index (χ3n) is 3.66. The Labute approximate surface area is 149 Å². The Bertz CT molecular complexity index is 873. The number of benzene rings is 1. The molecular weight excluding hydrogens is 344 g/mol. The SMILES string of the molecule is Cc1nc(Nc2ncnc(Nc3cccc(Cl)c3C)c2N)sc1C. The average molecular weight is 361 g/mol. The van der Waals surface area contributed by atoms with Crippen LogP contribution in [0.3, 0.4) is 0 Å². The minimum absolute atomic E-state index is 0.419. The molecule has 0 spiro atoms. The predicted molar refractivity (Wildman–Crippen MR) is 101 cm³/mol. The highest BCUT2D eigenvalue weighted by Gasteiger charge is 2.12. The fourth-order valence-electron chi connectivity index (χ4n) is 2.09. The number of thiazole rings is 1. The van der Waals surface area contributed by atoms with Crippen molar-refractivity contribution in [3.05, 3.63) is 45.7 Å². The standard InChI is InChI=1S/C16H17ClN6S/c1-8-11(17)5-4-6-12(8)22-14-13(18)15(20-7-19-14)23-16-21-9(2)10(3)24-16/h4-7H,18H2,1-3H3,(H2,19,20,21,22,23). The lowest BCUT2D eigenvalue weighted by Gasteiger charge is -2.13. The monoisotopic (exact) mass is 360 g/mol. The molecule has 0 fully saturated rings. The van der Waals surface area contributed by atoms with Gasteiger partial charge in [-0.15, -0.1) is 11.3 Å². The first-order chi connectivity index (χ1) is 11.5. The van der Waals surface area contributed by atoms with Crippen LogP contribution in [0.2, 0.25) is 5.02 Å². The van der Waals surface area contributed by atoms with E-state index in [0.717, 1.165) is 27.0 Å². The van der Waals surface area contributed by atoms with Gasteiger partial charge in [0.1, 0.15) is 12.0 Å². The molecule has 0 atom stereocenters. The number of anilines is 5. The third-order valence-corrected chi connectivity index (χ3v) is 5.06. The van der Waals surface area contributed by atoms with Crippen LogP contribution in [0.5, 0.6) is 0 Å². The zero-order valence-corrected chi connectivity index (χ0v) is 15.1. The van der Waals surface area contributed by atoms with Crippen LogP contribution in [0.1, 0.15) is 16.1 Å². The Kier molecular flexibility index (Phi) is 4.55. The van der Waals surface area contributed by atoms with Gasteiger partial charge >= 0.3 is 0 Å². The van der Waals surface area contributed by atoms with Gasteiger partial charge in [0.25, 0.3) is 0 Å². The molecule has 0 aliphatic rings. The summed E-state index contributed by atoms with van der Waals surface area (Å²) in [6.07, 6.45) is 1.45. The molecule has 0 unspecified atom stereocenters. The summed E-state index contributed by atoms with van der Waals surface area (Å²) < 4.78 is 0. The van der Waals surface area contributed by atoms with Crippen molar-refractivity contribution in [2.45, 2.75) is 20.8 Å². The van der Waals surface area contributed by atoms with E-state index in [9.17, 15) is 0 Å². The van der Waals surface area contributed by atoms with Crippen molar-refractivity contribution in [1.82, 2.24) is 15.0 Å². The van der Waals surface area contributed by atoms with E-state index < -0.39 is 0 Å². The minimum atomic E-state index is 0.419. The summed E-state index contributed by atoms with van der Waals surface area (Å²) in [5, 5.41) is 7.79. The molecule has 0 radical (unpaired) electrons. The van der Waals surface area contributed by atoms with Crippen molar-refractivity contribution in [2.24, 2.45) is 0 Å². The molecule has 2 aromatic heterocycles. The van der Waals surface area contributed by atoms with Gasteiger partial charge in [-0.25, -0.2) is 15.0 Å². The third kappa shape index (κ3) is 3.27. The molecule has 2 heterocycles. The number of nitrogens with zero attached hydrogens (tertiary/aromatic N) is 3. The first kappa shape index (κ1) is 16.5. The zero-order chi connectivity index (χ0) is 17.3. The molecule has 3 aromatic rings. The van der Waals surface area contributed by atoms with E-state index in [-0.39, 0.29) is 0 Å². The highest BCUT2D eigenvalue weighted by Crippen LogP contribution is 2.32. The number of rotatable bonds is 4. The number of nitrogen functional groups attached to an aromatic ring is 1. The second-order valence-corrected chi connectivity index (χ2v) is 6.92. The first-order valence-electron chi connectivity index (χ1n) is 7.29. The minimum Gasteiger partial charge on any atom is -0.393 e. The molecule has 0 bridgehead atoms. The van der Waals surface area contributed by atoms with E-state index in [2.05, 4.69) is 25.6 Å². The number of hydrogen-bond acceptors (Lipinski definition) is 7. The summed E-state index contributed by atoms with van der Waals surface area (Å²) in [6, 6.07) is 5.63. The molecule has 8 heteroatoms. The van der Waals surface area contributed by atoms with Crippen molar-refractivity contribution < 1.29 is 0 Å². The number of aryl methyl sites for hydroxylation is 2. The van der Waals surface area contributed by atoms with Crippen LogP contribution >= 0.6 is 22.9 Å². The van der Waals surface area contributed by atoms with Crippen molar-refractivity contribution in [1.29, 1.82) is 0 Å². The smallest absolute Gasteiger partial charge is 0.188 e. The topological polar surface area (TPSA) is 88.8 Å². The van der Waals surface area contributed by atoms with Crippen molar-refractivity contribution in [2.75, 3.05) is 16.4 Å². The van der Waals surface area contributed by atoms with Gasteiger partial charge in [-0.3, -0.25) is 0 Å². The van der Waals surface area contributed by atoms with Crippen molar-refractivity contribution >= 4 is 51.1 Å². The fourth-order valence-corrected chi connectivity index (χ4v) is 3.08. The summed E-state index contributed by atoms with van der Waals surface area (Å²) in [6.45, 7) is 5.92. The number of aromatic nitrogens is 3. The molecule has 124 valence electrons. The van der Waals surface area contributed by atoms with Gasteiger partial charge in [0.2, 0.25) is 0 Å². The zero-order valence-electron chi connectivity index (χ0n) is 13.5. The molecule has 4 N–H and O–H groups in total. The molecule has 24 heavy (non-hydrogen) atoms. The number of halogens is 1. The van der Waals surface area contributed by atoms with E-state index in [1.165, 1.54) is 6.33 Å². The molecule has 0 saturated carbocycles. The van der Waals surface area contributed by atoms with Gasteiger partial charge in [-0.2, -0.15) is 0 Å². The number of nitrogens with two attached hydrogens (primary N) is 1. The van der Waals surface area contributed by atoms with E-state index in [1.54, 1.807) is 11.3 Å². The van der Waals surface area contributed by atoms with Crippen LogP contribution in [0.15, 0.2) is 24.5 Å². The highest BCUT2D eigenvalue weighted by molar-refractivity contribution is 7.15. The Balaban J connectivity index is 1.89. The van der Waals surface area contributed by atoms with Gasteiger partial charge in [0, 0.05) is 15.6 Å². The van der Waals surface area contributed by atoms with Gasteiger partial charge in [-0.1, -0.05) is 17.7 Å². The fraction of sp³-hybridized carbons (Fsp3) is 0.188. The maximum absolute atomic E-state index is 6.21. The van der Waals surface area contributed by atoms with Gasteiger partial charge in [0.05, 0.1) is 5.69 Å². The Morgan fingerprint density at radius 3 is 2.46 bits per heavy atom. The lowest BCUT2D eigenvalue weighted by Crippen LogP contribution is -2.05. The molecule has 3 rings (SSSR count). The van der Waals surface area contributed by atoms with Crippen LogP contribution in [0.4, 0.5) is 28.1 Å². The van der Waals surface area contributed by atoms with Crippen LogP contribution in [-0.4, -0.2) is 15.0 Å². The van der Waals surface area contributed by atoms with Crippen LogP contribution in [-0.2, 0) is 0 Å². The van der Waals surface area contributed by atoms with Gasteiger partial charge in [0.15, 0.2) is 16.8 Å². The molecule has 0 aliphatic carbocycles. The molecule has 1 aromatic carbocycles. The largest absolute Gasteiger partial charge is 0.393 e. The Hall–Kier alpha value is -2.38. The summed E-state index contributed by atoms with van der Waals surface area (Å²) in [4.78, 5) is 14.0. The van der Waals surface area contributed by atoms with E-state index in [0.29, 0.717) is 22.3 Å². The number of nitrogens with one attached hydrogen (secondary N) is 2. The van der Waals surface area contributed by atoms with Gasteiger partial charge in [-0.05, 0) is 38.5 Å². The Morgan fingerprint density at radius 2 is 1.79 bits per heavy atom. The average Bonchev–Trinajstić information content (AvgIpc) is 2.86. The summed E-state index contributed by atoms with van der Waals surface area (Å²) >= 11 is 7.71. The van der Waals surface area contributed by atoms with Crippen LogP contribution in [0, 0.1) is 20.8 Å². The summed E-state index contributed by atoms with van der Waals surface area (Å²) in [7, 11) is 0. The highest BCUT2D eigenvalue weighted by atomic mass is 35.5. The maximum Gasteiger partial charge on any atom is 0.188 e. The van der Waals surface area contributed by atoms with E-state index >= 15 is 0 Å². The summed E-state index contributed by atoms with van der Waals surface area (Å²) in [5.74, 6) is 1.03. The lowest BCUT2D eigenvalue weighted by atomic mass is 10.2. The van der Waals surface area contributed by atoms with Crippen molar-refractivity contribution in [3.63, 3.8) is 0 Å². The van der Waals surface area contributed by atoms with Gasteiger partial charge < -0.3 is 16.4 Å². The summed E-state index contributed by atoms with van der Waals surface area (Å²) in [5.41, 5.74) is 9.39. The van der Waals surface area contributed by atoms with E-state index in [1.807, 2.05) is 39.0 Å². The van der Waals surface area contributed by atoms with Crippen molar-refractivity contribution in [3.8, 4) is 0 Å².